The second-order valence-electron chi connectivity index (χ2n) is 3.65. The van der Waals surface area contributed by atoms with Crippen LogP contribution >= 0.6 is 22.9 Å². The van der Waals surface area contributed by atoms with E-state index in [1.807, 2.05) is 13.8 Å². The van der Waals surface area contributed by atoms with Crippen LogP contribution in [-0.4, -0.2) is 9.97 Å². The molecular weight excluding hydrogens is 240 g/mol. The van der Waals surface area contributed by atoms with Gasteiger partial charge in [0.2, 0.25) is 0 Å². The third-order valence-corrected chi connectivity index (χ3v) is 3.78. The van der Waals surface area contributed by atoms with Gasteiger partial charge in [-0.3, -0.25) is 0 Å². The number of hydrogen-bond acceptors (Lipinski definition) is 3. The van der Waals surface area contributed by atoms with Crippen LogP contribution in [-0.2, 0) is 6.42 Å². The summed E-state index contributed by atoms with van der Waals surface area (Å²) in [5, 5.41) is 2.64. The molecule has 2 aromatic rings. The summed E-state index contributed by atoms with van der Waals surface area (Å²) in [4.78, 5) is 10.1. The van der Waals surface area contributed by atoms with Gasteiger partial charge in [0.15, 0.2) is 0 Å². The van der Waals surface area contributed by atoms with E-state index >= 15 is 0 Å². The average molecular weight is 253 g/mol. The van der Waals surface area contributed by atoms with Crippen molar-refractivity contribution in [2.24, 2.45) is 0 Å². The Kier molecular flexibility index (Phi) is 3.26. The third-order valence-electron chi connectivity index (χ3n) is 2.56. The van der Waals surface area contributed by atoms with Crippen molar-refractivity contribution in [2.45, 2.75) is 27.2 Å². The zero-order valence-electron chi connectivity index (χ0n) is 9.54. The molecule has 0 aliphatic rings. The Morgan fingerprint density at radius 1 is 1.31 bits per heavy atom. The van der Waals surface area contributed by atoms with Crippen LogP contribution in [0.25, 0.3) is 11.3 Å². The summed E-state index contributed by atoms with van der Waals surface area (Å²) in [6, 6.07) is 2.09. The molecule has 0 saturated carbocycles. The number of halogens is 1. The Bertz CT molecular complexity index is 520. The quantitative estimate of drug-likeness (QED) is 0.754. The molecule has 84 valence electrons. The van der Waals surface area contributed by atoms with Crippen LogP contribution in [0.5, 0.6) is 0 Å². The van der Waals surface area contributed by atoms with Gasteiger partial charge in [-0.2, -0.15) is 0 Å². The molecule has 0 spiro atoms. The fourth-order valence-electron chi connectivity index (χ4n) is 1.58. The van der Waals surface area contributed by atoms with Gasteiger partial charge in [0.05, 0.1) is 5.69 Å². The van der Waals surface area contributed by atoms with Gasteiger partial charge < -0.3 is 0 Å². The van der Waals surface area contributed by atoms with Gasteiger partial charge in [-0.05, 0) is 25.3 Å². The molecule has 0 N–H and O–H groups in total. The van der Waals surface area contributed by atoms with Crippen molar-refractivity contribution < 1.29 is 0 Å². The number of rotatable bonds is 2. The van der Waals surface area contributed by atoms with E-state index in [1.165, 1.54) is 10.4 Å². The van der Waals surface area contributed by atoms with Crippen molar-refractivity contribution in [2.75, 3.05) is 0 Å². The van der Waals surface area contributed by atoms with E-state index in [0.717, 1.165) is 23.5 Å². The van der Waals surface area contributed by atoms with Gasteiger partial charge in [0.1, 0.15) is 11.0 Å². The van der Waals surface area contributed by atoms with Gasteiger partial charge in [-0.25, -0.2) is 9.97 Å². The van der Waals surface area contributed by atoms with Crippen molar-refractivity contribution in [3.8, 4) is 11.3 Å². The zero-order valence-corrected chi connectivity index (χ0v) is 11.1. The van der Waals surface area contributed by atoms with Crippen molar-refractivity contribution in [3.63, 3.8) is 0 Å². The van der Waals surface area contributed by atoms with Gasteiger partial charge in [-0.15, -0.1) is 11.3 Å². The molecule has 0 fully saturated rings. The number of aryl methyl sites for hydroxylation is 2. The monoisotopic (exact) mass is 252 g/mol. The van der Waals surface area contributed by atoms with Crippen molar-refractivity contribution in [3.05, 3.63) is 32.9 Å². The Hall–Kier alpha value is -0.930. The number of aromatic nitrogens is 2. The van der Waals surface area contributed by atoms with Crippen molar-refractivity contribution >= 4 is 22.9 Å². The lowest BCUT2D eigenvalue weighted by atomic mass is 10.1. The van der Waals surface area contributed by atoms with Crippen LogP contribution in [0.3, 0.4) is 0 Å². The highest BCUT2D eigenvalue weighted by atomic mass is 35.5. The fraction of sp³-hybridized carbons (Fsp3) is 0.333. The van der Waals surface area contributed by atoms with Crippen LogP contribution in [0.15, 0.2) is 11.4 Å². The molecule has 0 aliphatic carbocycles. The van der Waals surface area contributed by atoms with Crippen LogP contribution in [0, 0.1) is 13.8 Å². The smallest absolute Gasteiger partial charge is 0.136 e. The van der Waals surface area contributed by atoms with Crippen LogP contribution in [0.1, 0.15) is 23.2 Å². The molecule has 2 heterocycles. The van der Waals surface area contributed by atoms with E-state index in [1.54, 1.807) is 11.3 Å². The molecule has 0 unspecified atom stereocenters. The molecule has 0 aromatic carbocycles. The molecular formula is C12H13ClN2S. The summed E-state index contributed by atoms with van der Waals surface area (Å²) in [7, 11) is 0. The first-order valence-corrected chi connectivity index (χ1v) is 6.46. The highest BCUT2D eigenvalue weighted by Gasteiger charge is 2.12. The molecule has 0 amide bonds. The molecule has 0 bridgehead atoms. The second kappa shape index (κ2) is 4.52. The lowest BCUT2D eigenvalue weighted by Crippen LogP contribution is -1.99. The third kappa shape index (κ3) is 1.97. The number of nitrogens with zero attached hydrogens (tertiary/aromatic N) is 2. The standard InChI is InChI=1S/C12H13ClN2S/c1-4-10-14-11(7(2)12(13)15-10)9-5-6-16-8(9)3/h5-6H,4H2,1-3H3. The number of thiophene rings is 1. The molecule has 2 aromatic heterocycles. The van der Waals surface area contributed by atoms with Gasteiger partial charge in [0, 0.05) is 22.4 Å². The first-order valence-electron chi connectivity index (χ1n) is 5.21. The van der Waals surface area contributed by atoms with Gasteiger partial charge in [0.25, 0.3) is 0 Å². The highest BCUT2D eigenvalue weighted by molar-refractivity contribution is 7.10. The van der Waals surface area contributed by atoms with Crippen LogP contribution in [0.4, 0.5) is 0 Å². The van der Waals surface area contributed by atoms with E-state index < -0.39 is 0 Å². The lowest BCUT2D eigenvalue weighted by molar-refractivity contribution is 0.934. The fourth-order valence-corrected chi connectivity index (χ4v) is 2.47. The highest BCUT2D eigenvalue weighted by Crippen LogP contribution is 2.30. The Morgan fingerprint density at radius 3 is 2.62 bits per heavy atom. The summed E-state index contributed by atoms with van der Waals surface area (Å²) in [6.45, 7) is 6.10. The van der Waals surface area contributed by atoms with E-state index in [2.05, 4.69) is 28.3 Å². The normalized spacial score (nSPS) is 10.8. The van der Waals surface area contributed by atoms with E-state index in [0.29, 0.717) is 5.15 Å². The molecule has 0 atom stereocenters. The van der Waals surface area contributed by atoms with Gasteiger partial charge in [-0.1, -0.05) is 18.5 Å². The maximum atomic E-state index is 6.12. The summed E-state index contributed by atoms with van der Waals surface area (Å²) < 4.78 is 0. The van der Waals surface area contributed by atoms with E-state index in [-0.39, 0.29) is 0 Å². The molecule has 0 saturated heterocycles. The zero-order chi connectivity index (χ0) is 11.7. The van der Waals surface area contributed by atoms with Crippen molar-refractivity contribution in [1.29, 1.82) is 0 Å². The molecule has 16 heavy (non-hydrogen) atoms. The van der Waals surface area contributed by atoms with E-state index in [4.69, 9.17) is 11.6 Å². The van der Waals surface area contributed by atoms with Crippen LogP contribution < -0.4 is 0 Å². The molecule has 4 heteroatoms. The lowest BCUT2D eigenvalue weighted by Gasteiger charge is -2.08. The number of hydrogen-bond donors (Lipinski definition) is 0. The first-order chi connectivity index (χ1) is 7.63. The summed E-state index contributed by atoms with van der Waals surface area (Å²) >= 11 is 7.84. The largest absolute Gasteiger partial charge is 0.232 e. The van der Waals surface area contributed by atoms with E-state index in [9.17, 15) is 0 Å². The summed E-state index contributed by atoms with van der Waals surface area (Å²) in [5.74, 6) is 0.802. The minimum Gasteiger partial charge on any atom is -0.232 e. The minimum atomic E-state index is 0.562. The Balaban J connectivity index is 2.64. The van der Waals surface area contributed by atoms with Crippen molar-refractivity contribution in [1.82, 2.24) is 9.97 Å². The summed E-state index contributed by atoms with van der Waals surface area (Å²) in [6.07, 6.45) is 0.802. The first kappa shape index (κ1) is 11.6. The van der Waals surface area contributed by atoms with Gasteiger partial charge >= 0.3 is 0 Å². The predicted octanol–water partition coefficient (Wildman–Crippen LogP) is 4.04. The predicted molar refractivity (Wildman–Crippen MR) is 69.2 cm³/mol. The Labute approximate surface area is 104 Å². The topological polar surface area (TPSA) is 25.8 Å². The Morgan fingerprint density at radius 2 is 2.06 bits per heavy atom. The minimum absolute atomic E-state index is 0.562. The van der Waals surface area contributed by atoms with Crippen LogP contribution in [0.2, 0.25) is 5.15 Å². The average Bonchev–Trinajstić information content (AvgIpc) is 2.68. The molecule has 0 aliphatic heterocycles. The second-order valence-corrected chi connectivity index (χ2v) is 5.13. The maximum absolute atomic E-state index is 6.12. The molecule has 2 nitrogen and oxygen atoms in total. The molecule has 2 rings (SSSR count). The maximum Gasteiger partial charge on any atom is 0.136 e. The summed E-state index contributed by atoms with van der Waals surface area (Å²) in [5.41, 5.74) is 3.09. The SMILES string of the molecule is CCc1nc(Cl)c(C)c(-c2ccsc2C)n1. The molecule has 0 radical (unpaired) electrons.